The number of benzene rings is 2. The fourth-order valence-electron chi connectivity index (χ4n) is 3.51. The molecule has 2 aromatic rings. The Hall–Kier alpha value is -2.02. The van der Waals surface area contributed by atoms with Gasteiger partial charge in [-0.1, -0.05) is 48.0 Å². The fraction of sp³-hybridized carbons (Fsp3) is 0.316. The molecule has 2 aliphatic rings. The lowest BCUT2D eigenvalue weighted by Crippen LogP contribution is -2.82. The fourth-order valence-corrected chi connectivity index (χ4v) is 5.06. The van der Waals surface area contributed by atoms with Gasteiger partial charge >= 0.3 is 0 Å². The normalized spacial score (nSPS) is 20.3. The van der Waals surface area contributed by atoms with Crippen LogP contribution < -0.4 is 0 Å². The third-order valence-electron chi connectivity index (χ3n) is 5.21. The number of Topliss-reactive ketones (excluding diaryl/α,β-unsaturated/α-hetero) is 1. The van der Waals surface area contributed by atoms with Gasteiger partial charge in [0.1, 0.15) is 5.54 Å². The lowest BCUT2D eigenvalue weighted by Gasteiger charge is -2.60. The van der Waals surface area contributed by atoms with Gasteiger partial charge in [-0.25, -0.2) is 8.42 Å². The van der Waals surface area contributed by atoms with Crippen LogP contribution in [-0.4, -0.2) is 48.6 Å². The second-order valence-corrected chi connectivity index (χ2v) is 8.82. The Morgan fingerprint density at radius 1 is 1.00 bits per heavy atom. The quantitative estimate of drug-likeness (QED) is 0.839. The number of sulfonamides is 1. The number of aryl methyl sites for hydroxylation is 1. The maximum Gasteiger partial charge on any atom is 0.243 e. The minimum Gasteiger partial charge on any atom is -0.296 e. The molecule has 2 heterocycles. The minimum absolute atomic E-state index is 0.138. The summed E-state index contributed by atoms with van der Waals surface area (Å²) < 4.78 is 26.9. The van der Waals surface area contributed by atoms with Crippen molar-refractivity contribution in [1.29, 1.82) is 0 Å². The number of hydrogen-bond acceptors (Lipinski definition) is 4. The Balaban J connectivity index is 1.49. The van der Waals surface area contributed by atoms with E-state index >= 15 is 0 Å². The Bertz CT molecular complexity index is 901. The highest BCUT2D eigenvalue weighted by Crippen LogP contribution is 2.40. The zero-order valence-electron chi connectivity index (χ0n) is 14.1. The first kappa shape index (κ1) is 16.4. The molecule has 5 nitrogen and oxygen atoms in total. The molecule has 0 amide bonds. The molecule has 2 aromatic carbocycles. The molecule has 0 bridgehead atoms. The van der Waals surface area contributed by atoms with Crippen molar-refractivity contribution >= 4 is 15.8 Å². The average molecular weight is 356 g/mol. The Labute approximate surface area is 147 Å². The van der Waals surface area contributed by atoms with E-state index in [1.807, 2.05) is 37.3 Å². The van der Waals surface area contributed by atoms with Gasteiger partial charge in [-0.15, -0.1) is 0 Å². The lowest BCUT2D eigenvalue weighted by atomic mass is 9.77. The van der Waals surface area contributed by atoms with E-state index in [9.17, 15) is 13.2 Å². The Kier molecular flexibility index (Phi) is 3.79. The van der Waals surface area contributed by atoms with E-state index in [0.717, 1.165) is 11.1 Å². The maximum absolute atomic E-state index is 12.7. The molecule has 6 heteroatoms. The number of ketones is 1. The van der Waals surface area contributed by atoms with Crippen molar-refractivity contribution in [1.82, 2.24) is 9.21 Å². The summed E-state index contributed by atoms with van der Waals surface area (Å²) in [7, 11) is -3.53. The summed E-state index contributed by atoms with van der Waals surface area (Å²) in [5.41, 5.74) is 1.52. The van der Waals surface area contributed by atoms with Crippen molar-refractivity contribution in [3.63, 3.8) is 0 Å². The zero-order chi connectivity index (χ0) is 17.7. The van der Waals surface area contributed by atoms with Crippen LogP contribution in [0.4, 0.5) is 0 Å². The van der Waals surface area contributed by atoms with Crippen LogP contribution in [0.15, 0.2) is 59.5 Å². The van der Waals surface area contributed by atoms with Crippen molar-refractivity contribution in [2.45, 2.75) is 23.9 Å². The zero-order valence-corrected chi connectivity index (χ0v) is 14.9. The molecule has 2 aliphatic heterocycles. The van der Waals surface area contributed by atoms with Crippen LogP contribution in [0.5, 0.6) is 0 Å². The van der Waals surface area contributed by atoms with Crippen LogP contribution in [-0.2, 0) is 21.4 Å². The van der Waals surface area contributed by atoms with Gasteiger partial charge in [0.25, 0.3) is 0 Å². The molecule has 0 atom stereocenters. The average Bonchev–Trinajstić information content (AvgIpc) is 2.54. The monoisotopic (exact) mass is 356 g/mol. The number of likely N-dealkylation sites (tertiary alicyclic amines) is 1. The van der Waals surface area contributed by atoms with Crippen molar-refractivity contribution < 1.29 is 13.2 Å². The van der Waals surface area contributed by atoms with Gasteiger partial charge < -0.3 is 0 Å². The topological polar surface area (TPSA) is 57.7 Å². The number of hydrogen-bond donors (Lipinski definition) is 0. The first-order chi connectivity index (χ1) is 11.9. The summed E-state index contributed by atoms with van der Waals surface area (Å²) in [6.07, 6.45) is 0. The molecule has 0 aliphatic carbocycles. The van der Waals surface area contributed by atoms with Crippen molar-refractivity contribution in [2.24, 2.45) is 0 Å². The molecule has 0 unspecified atom stereocenters. The molecular formula is C19H20N2O3S. The van der Waals surface area contributed by atoms with Gasteiger partial charge in [-0.3, -0.25) is 9.69 Å². The van der Waals surface area contributed by atoms with Crippen LogP contribution >= 0.6 is 0 Å². The second-order valence-electron chi connectivity index (χ2n) is 6.88. The minimum atomic E-state index is -3.53. The molecule has 25 heavy (non-hydrogen) atoms. The Morgan fingerprint density at radius 2 is 1.64 bits per heavy atom. The van der Waals surface area contributed by atoms with Gasteiger partial charge in [-0.2, -0.15) is 4.31 Å². The van der Waals surface area contributed by atoms with Crippen LogP contribution in [0.2, 0.25) is 0 Å². The summed E-state index contributed by atoms with van der Waals surface area (Å²) in [6, 6.07) is 16.8. The predicted molar refractivity (Wildman–Crippen MR) is 94.5 cm³/mol. The third kappa shape index (κ3) is 2.61. The summed E-state index contributed by atoms with van der Waals surface area (Å²) in [5.74, 6) is 0.138. The highest BCUT2D eigenvalue weighted by molar-refractivity contribution is 7.89. The van der Waals surface area contributed by atoms with E-state index in [1.54, 1.807) is 24.3 Å². The molecule has 0 radical (unpaired) electrons. The summed E-state index contributed by atoms with van der Waals surface area (Å²) in [4.78, 5) is 14.6. The lowest BCUT2D eigenvalue weighted by molar-refractivity contribution is -0.162. The highest BCUT2D eigenvalue weighted by Gasteiger charge is 2.62. The van der Waals surface area contributed by atoms with E-state index in [4.69, 9.17) is 0 Å². The molecule has 4 rings (SSSR count). The van der Waals surface area contributed by atoms with Crippen LogP contribution in [0.3, 0.4) is 0 Å². The molecule has 2 fully saturated rings. The van der Waals surface area contributed by atoms with Gasteiger partial charge in [0.05, 0.1) is 11.4 Å². The van der Waals surface area contributed by atoms with E-state index < -0.39 is 15.6 Å². The third-order valence-corrected chi connectivity index (χ3v) is 7.02. The van der Waals surface area contributed by atoms with Crippen LogP contribution in [0.1, 0.15) is 11.1 Å². The van der Waals surface area contributed by atoms with Gasteiger partial charge in [-0.05, 0) is 24.6 Å². The smallest absolute Gasteiger partial charge is 0.243 e. The van der Waals surface area contributed by atoms with Gasteiger partial charge in [0.15, 0.2) is 5.78 Å². The Morgan fingerprint density at radius 3 is 2.24 bits per heavy atom. The van der Waals surface area contributed by atoms with E-state index in [-0.39, 0.29) is 23.8 Å². The molecule has 130 valence electrons. The highest BCUT2D eigenvalue weighted by atomic mass is 32.2. The second kappa shape index (κ2) is 5.76. The van der Waals surface area contributed by atoms with Crippen molar-refractivity contribution in [3.05, 3.63) is 65.7 Å². The van der Waals surface area contributed by atoms with Crippen LogP contribution in [0.25, 0.3) is 0 Å². The number of nitrogens with zero attached hydrogens (tertiary/aromatic N) is 2. The van der Waals surface area contributed by atoms with E-state index in [0.29, 0.717) is 13.1 Å². The maximum atomic E-state index is 12.7. The predicted octanol–water partition coefficient (Wildman–Crippen LogP) is 1.82. The van der Waals surface area contributed by atoms with E-state index in [2.05, 4.69) is 4.90 Å². The molecule has 2 saturated heterocycles. The first-order valence-electron chi connectivity index (χ1n) is 8.31. The molecule has 1 spiro atoms. The SMILES string of the molecule is Cc1ccc(S(=O)(=O)N2CC3(C2)C(=O)CN3Cc2ccccc2)cc1. The summed E-state index contributed by atoms with van der Waals surface area (Å²) in [6.45, 7) is 3.48. The van der Waals surface area contributed by atoms with Gasteiger partial charge in [0.2, 0.25) is 10.0 Å². The number of rotatable bonds is 4. The summed E-state index contributed by atoms with van der Waals surface area (Å²) >= 11 is 0. The molecule has 0 saturated carbocycles. The number of carbonyl (C=O) groups is 1. The summed E-state index contributed by atoms with van der Waals surface area (Å²) in [5, 5.41) is 0. The van der Waals surface area contributed by atoms with E-state index in [1.165, 1.54) is 4.31 Å². The molecule has 0 N–H and O–H groups in total. The number of carbonyl (C=O) groups excluding carboxylic acids is 1. The largest absolute Gasteiger partial charge is 0.296 e. The molecule has 0 aromatic heterocycles. The van der Waals surface area contributed by atoms with Crippen molar-refractivity contribution in [2.75, 3.05) is 19.6 Å². The first-order valence-corrected chi connectivity index (χ1v) is 9.75. The van der Waals surface area contributed by atoms with Crippen LogP contribution in [0, 0.1) is 6.92 Å². The molecular weight excluding hydrogens is 336 g/mol. The van der Waals surface area contributed by atoms with Gasteiger partial charge in [0, 0.05) is 19.6 Å². The van der Waals surface area contributed by atoms with Crippen molar-refractivity contribution in [3.8, 4) is 0 Å². The standard InChI is InChI=1S/C19H20N2O3S/c1-15-7-9-17(10-8-15)25(23,24)21-13-19(14-21)18(22)12-20(19)11-16-5-3-2-4-6-16/h2-10H,11-14H2,1H3.